The van der Waals surface area contributed by atoms with Gasteiger partial charge in [0.25, 0.3) is 5.97 Å². The molecular weight excluding hydrogens is 352 g/mol. The second-order valence-electron chi connectivity index (χ2n) is 10.1. The first-order chi connectivity index (χ1) is 12.5. The lowest BCUT2D eigenvalue weighted by atomic mass is 9.71. The predicted octanol–water partition coefficient (Wildman–Crippen LogP) is 6.40. The number of hydrogen-bond acceptors (Lipinski definition) is 3. The van der Waals surface area contributed by atoms with Crippen molar-refractivity contribution in [2.45, 2.75) is 77.4 Å². The van der Waals surface area contributed by atoms with Gasteiger partial charge in [-0.1, -0.05) is 57.2 Å². The van der Waals surface area contributed by atoms with Crippen LogP contribution in [-0.4, -0.2) is 20.4 Å². The molecule has 2 aromatic rings. The minimum Gasteiger partial charge on any atom is -0.368 e. The van der Waals surface area contributed by atoms with Crippen LogP contribution in [0.2, 0.25) is 18.1 Å². The van der Waals surface area contributed by atoms with Gasteiger partial charge >= 0.3 is 0 Å². The third-order valence-electron chi connectivity index (χ3n) is 6.89. The molecule has 0 aromatic heterocycles. The van der Waals surface area contributed by atoms with E-state index in [0.29, 0.717) is 0 Å². The summed E-state index contributed by atoms with van der Waals surface area (Å²) in [6.07, 6.45) is 1.07. The highest BCUT2D eigenvalue weighted by molar-refractivity contribution is 6.74. The van der Waals surface area contributed by atoms with Gasteiger partial charge in [-0.2, -0.15) is 0 Å². The Morgan fingerprint density at radius 2 is 1.70 bits per heavy atom. The van der Waals surface area contributed by atoms with Crippen molar-refractivity contribution >= 4 is 19.1 Å². The van der Waals surface area contributed by atoms with Crippen LogP contribution in [0.4, 0.5) is 0 Å². The summed E-state index contributed by atoms with van der Waals surface area (Å²) in [7, 11) is -2.03. The van der Waals surface area contributed by atoms with Gasteiger partial charge < -0.3 is 13.9 Å². The molecule has 4 heteroatoms. The third-order valence-corrected chi connectivity index (χ3v) is 11.3. The van der Waals surface area contributed by atoms with Crippen LogP contribution in [0.25, 0.3) is 10.8 Å². The van der Waals surface area contributed by atoms with Gasteiger partial charge in [-0.25, -0.2) is 0 Å². The Balaban J connectivity index is 1.68. The molecule has 4 atom stereocenters. The first-order valence-electron chi connectivity index (χ1n) is 10.0. The molecule has 3 nitrogen and oxygen atoms in total. The van der Waals surface area contributed by atoms with Crippen molar-refractivity contribution < 1.29 is 13.9 Å². The zero-order valence-corrected chi connectivity index (χ0v) is 18.6. The number of fused-ring (bicyclic) bond motifs is 2. The fourth-order valence-electron chi connectivity index (χ4n) is 4.28. The van der Waals surface area contributed by atoms with E-state index in [1.807, 2.05) is 0 Å². The minimum atomic E-state index is -2.03. The van der Waals surface area contributed by atoms with Gasteiger partial charge in [-0.3, -0.25) is 0 Å². The summed E-state index contributed by atoms with van der Waals surface area (Å²) < 4.78 is 19.5. The van der Waals surface area contributed by atoms with E-state index in [1.54, 1.807) is 0 Å². The van der Waals surface area contributed by atoms with E-state index in [2.05, 4.69) is 90.2 Å². The van der Waals surface area contributed by atoms with Crippen LogP contribution in [0.15, 0.2) is 42.5 Å². The maximum atomic E-state index is 6.76. The van der Waals surface area contributed by atoms with Crippen molar-refractivity contribution in [1.82, 2.24) is 0 Å². The van der Waals surface area contributed by atoms with E-state index in [-0.39, 0.29) is 22.7 Å². The fraction of sp³-hybridized carbons (Fsp3) is 0.565. The maximum Gasteiger partial charge on any atom is 0.283 e. The molecule has 2 saturated heterocycles. The molecule has 2 fully saturated rings. The topological polar surface area (TPSA) is 27.7 Å². The van der Waals surface area contributed by atoms with E-state index in [9.17, 15) is 0 Å². The van der Waals surface area contributed by atoms with E-state index < -0.39 is 14.3 Å². The van der Waals surface area contributed by atoms with Gasteiger partial charge in [-0.05, 0) is 60.8 Å². The largest absolute Gasteiger partial charge is 0.368 e. The van der Waals surface area contributed by atoms with Gasteiger partial charge in [-0.15, -0.1) is 0 Å². The zero-order valence-electron chi connectivity index (χ0n) is 17.6. The smallest absolute Gasteiger partial charge is 0.283 e. The molecule has 0 aliphatic carbocycles. The van der Waals surface area contributed by atoms with Gasteiger partial charge in [0.15, 0.2) is 8.32 Å². The molecule has 0 radical (unpaired) electrons. The van der Waals surface area contributed by atoms with Gasteiger partial charge in [0.05, 0.1) is 11.5 Å². The Morgan fingerprint density at radius 3 is 2.37 bits per heavy atom. The van der Waals surface area contributed by atoms with Crippen LogP contribution in [0.3, 0.4) is 0 Å². The van der Waals surface area contributed by atoms with Crippen molar-refractivity contribution in [3.63, 3.8) is 0 Å². The SMILES string of the molecule is C[C@H]1C[C@]2(C)[C@@H](c3ccc4ccccc4c3)O[C@]2(O[Si](C)(C)C(C)(C)C)O1. The molecule has 2 heterocycles. The van der Waals surface area contributed by atoms with Gasteiger partial charge in [0.1, 0.15) is 6.10 Å². The highest BCUT2D eigenvalue weighted by atomic mass is 28.4. The molecule has 0 bridgehead atoms. The Bertz CT molecular complexity index is 871. The Hall–Kier alpha value is -1.20. The average molecular weight is 385 g/mol. The molecule has 2 aromatic carbocycles. The van der Waals surface area contributed by atoms with Gasteiger partial charge in [0.2, 0.25) is 0 Å². The number of ether oxygens (including phenoxy) is 2. The van der Waals surface area contributed by atoms with E-state index >= 15 is 0 Å². The zero-order chi connectivity index (χ0) is 19.7. The highest BCUT2D eigenvalue weighted by Crippen LogP contribution is 2.67. The van der Waals surface area contributed by atoms with Crippen LogP contribution >= 0.6 is 0 Å². The molecular formula is C23H32O3Si. The first kappa shape index (κ1) is 19.1. The molecule has 0 unspecified atom stereocenters. The van der Waals surface area contributed by atoms with Crippen LogP contribution < -0.4 is 0 Å². The Labute approximate surface area is 164 Å². The molecule has 146 valence electrons. The number of rotatable bonds is 3. The van der Waals surface area contributed by atoms with Crippen LogP contribution in [0.1, 0.15) is 52.7 Å². The normalized spacial score (nSPS) is 33.7. The van der Waals surface area contributed by atoms with Crippen molar-refractivity contribution in [3.05, 3.63) is 48.0 Å². The quantitative estimate of drug-likeness (QED) is 0.573. The Morgan fingerprint density at radius 1 is 1.04 bits per heavy atom. The molecule has 0 spiro atoms. The Kier molecular flexibility index (Phi) is 4.18. The maximum absolute atomic E-state index is 6.76. The average Bonchev–Trinajstić information content (AvgIpc) is 2.74. The lowest BCUT2D eigenvalue weighted by Gasteiger charge is -2.59. The van der Waals surface area contributed by atoms with Crippen molar-refractivity contribution in [2.24, 2.45) is 5.41 Å². The highest BCUT2D eigenvalue weighted by Gasteiger charge is 2.73. The summed E-state index contributed by atoms with van der Waals surface area (Å²) in [5, 5.41) is 2.61. The lowest BCUT2D eigenvalue weighted by Crippen LogP contribution is -2.66. The summed E-state index contributed by atoms with van der Waals surface area (Å²) in [4.78, 5) is 0. The van der Waals surface area contributed by atoms with Crippen LogP contribution in [-0.2, 0) is 13.9 Å². The van der Waals surface area contributed by atoms with Crippen LogP contribution in [0, 0.1) is 5.41 Å². The molecule has 2 aliphatic heterocycles. The standard InChI is InChI=1S/C23H32O3Si/c1-16-15-22(5)20(19-13-12-17-10-8-9-11-18(17)14-19)25-23(22,24-16)26-27(6,7)21(2,3)4/h8-14,16,20H,15H2,1-7H3/t16-,20+,22+,23+/m0/s1. The second kappa shape index (κ2) is 5.90. The summed E-state index contributed by atoms with van der Waals surface area (Å²) in [6, 6.07) is 15.1. The van der Waals surface area contributed by atoms with E-state index in [1.165, 1.54) is 16.3 Å². The monoisotopic (exact) mass is 384 g/mol. The first-order valence-corrected chi connectivity index (χ1v) is 12.9. The molecule has 27 heavy (non-hydrogen) atoms. The molecule has 0 saturated carbocycles. The number of benzene rings is 2. The minimum absolute atomic E-state index is 0.00294. The summed E-state index contributed by atoms with van der Waals surface area (Å²) in [6.45, 7) is 15.7. The van der Waals surface area contributed by atoms with Crippen LogP contribution in [0.5, 0.6) is 0 Å². The molecule has 4 rings (SSSR count). The molecule has 2 aliphatic rings. The third kappa shape index (κ3) is 2.80. The molecule has 0 N–H and O–H groups in total. The van der Waals surface area contributed by atoms with Crippen molar-refractivity contribution in [2.75, 3.05) is 0 Å². The molecule has 0 amide bonds. The van der Waals surface area contributed by atoms with Gasteiger partial charge in [0, 0.05) is 0 Å². The summed E-state index contributed by atoms with van der Waals surface area (Å²) in [5.41, 5.74) is 1.04. The number of hydrogen-bond donors (Lipinski definition) is 0. The summed E-state index contributed by atoms with van der Waals surface area (Å²) in [5.74, 6) is -0.911. The second-order valence-corrected chi connectivity index (χ2v) is 14.8. The van der Waals surface area contributed by atoms with E-state index in [0.717, 1.165) is 6.42 Å². The van der Waals surface area contributed by atoms with E-state index in [4.69, 9.17) is 13.9 Å². The van der Waals surface area contributed by atoms with Crippen molar-refractivity contribution in [3.8, 4) is 0 Å². The predicted molar refractivity (Wildman–Crippen MR) is 112 cm³/mol. The summed E-state index contributed by atoms with van der Waals surface area (Å²) >= 11 is 0. The lowest BCUT2D eigenvalue weighted by molar-refractivity contribution is -0.483. The fourth-order valence-corrected chi connectivity index (χ4v) is 5.59. The van der Waals surface area contributed by atoms with Crippen molar-refractivity contribution in [1.29, 1.82) is 0 Å².